The van der Waals surface area contributed by atoms with E-state index in [9.17, 15) is 4.79 Å². The molecule has 8 nitrogen and oxygen atoms in total. The standard InChI is InChI=1S/C13H21N7O/c1-3-4-7-20-12(5-6-15-20)18-13(21)17-11(2)8-19-10-14-9-16-19/h5-6,9-11H,3-4,7-8H2,1-2H3,(H2,17,18,21)/t11-/m1/s1. The van der Waals surface area contributed by atoms with Gasteiger partial charge in [0.25, 0.3) is 0 Å². The van der Waals surface area contributed by atoms with Gasteiger partial charge in [-0.05, 0) is 13.3 Å². The Morgan fingerprint density at radius 2 is 2.29 bits per heavy atom. The molecule has 0 bridgehead atoms. The first-order chi connectivity index (χ1) is 10.2. The number of anilines is 1. The van der Waals surface area contributed by atoms with Gasteiger partial charge in [0.15, 0.2) is 0 Å². The first kappa shape index (κ1) is 15.0. The van der Waals surface area contributed by atoms with Gasteiger partial charge in [-0.2, -0.15) is 10.2 Å². The number of nitrogens with one attached hydrogen (secondary N) is 2. The van der Waals surface area contributed by atoms with Crippen molar-refractivity contribution in [3.63, 3.8) is 0 Å². The van der Waals surface area contributed by atoms with Gasteiger partial charge < -0.3 is 5.32 Å². The molecule has 2 aromatic rings. The molecule has 0 saturated carbocycles. The van der Waals surface area contributed by atoms with Gasteiger partial charge in [0.1, 0.15) is 18.5 Å². The number of nitrogens with zero attached hydrogens (tertiary/aromatic N) is 5. The molecule has 114 valence electrons. The van der Waals surface area contributed by atoms with Crippen molar-refractivity contribution in [3.8, 4) is 0 Å². The molecule has 2 aromatic heterocycles. The van der Waals surface area contributed by atoms with Gasteiger partial charge in [-0.3, -0.25) is 10.00 Å². The largest absolute Gasteiger partial charge is 0.334 e. The fourth-order valence-electron chi connectivity index (χ4n) is 1.95. The molecule has 0 aliphatic heterocycles. The Bertz CT molecular complexity index is 549. The summed E-state index contributed by atoms with van der Waals surface area (Å²) in [4.78, 5) is 15.8. The van der Waals surface area contributed by atoms with E-state index in [4.69, 9.17) is 0 Å². The number of urea groups is 1. The monoisotopic (exact) mass is 291 g/mol. The Morgan fingerprint density at radius 3 is 3.00 bits per heavy atom. The van der Waals surface area contributed by atoms with E-state index < -0.39 is 0 Å². The van der Waals surface area contributed by atoms with Gasteiger partial charge in [0, 0.05) is 18.7 Å². The SMILES string of the molecule is CCCCn1nccc1NC(=O)N[C@H](C)Cn1cncn1. The van der Waals surface area contributed by atoms with Crippen LogP contribution in [0.25, 0.3) is 0 Å². The van der Waals surface area contributed by atoms with Crippen molar-refractivity contribution in [1.82, 2.24) is 29.9 Å². The van der Waals surface area contributed by atoms with Gasteiger partial charge in [0.2, 0.25) is 0 Å². The molecular weight excluding hydrogens is 270 g/mol. The molecule has 0 aliphatic carbocycles. The molecule has 0 saturated heterocycles. The lowest BCUT2D eigenvalue weighted by atomic mass is 10.3. The van der Waals surface area contributed by atoms with Crippen molar-refractivity contribution >= 4 is 11.8 Å². The van der Waals surface area contributed by atoms with E-state index in [1.807, 2.05) is 6.92 Å². The van der Waals surface area contributed by atoms with Gasteiger partial charge in [-0.1, -0.05) is 13.3 Å². The predicted octanol–water partition coefficient (Wildman–Crippen LogP) is 1.48. The molecule has 0 spiro atoms. The van der Waals surface area contributed by atoms with E-state index in [1.165, 1.54) is 6.33 Å². The second kappa shape index (κ2) is 7.41. The van der Waals surface area contributed by atoms with E-state index >= 15 is 0 Å². The smallest absolute Gasteiger partial charge is 0.320 e. The summed E-state index contributed by atoms with van der Waals surface area (Å²) in [7, 11) is 0. The molecule has 0 fully saturated rings. The number of unbranched alkanes of at least 4 members (excludes halogenated alkanes) is 1. The quantitative estimate of drug-likeness (QED) is 0.808. The Hall–Kier alpha value is -2.38. The Morgan fingerprint density at radius 1 is 1.43 bits per heavy atom. The van der Waals surface area contributed by atoms with Crippen LogP contribution in [0.2, 0.25) is 0 Å². The fourth-order valence-corrected chi connectivity index (χ4v) is 1.95. The lowest BCUT2D eigenvalue weighted by Crippen LogP contribution is -2.39. The molecule has 1 atom stereocenters. The van der Waals surface area contributed by atoms with Gasteiger partial charge in [-0.15, -0.1) is 0 Å². The zero-order chi connectivity index (χ0) is 15.1. The van der Waals surface area contributed by atoms with Crippen LogP contribution in [0.4, 0.5) is 10.6 Å². The van der Waals surface area contributed by atoms with Crippen LogP contribution in [0.1, 0.15) is 26.7 Å². The molecule has 2 N–H and O–H groups in total. The van der Waals surface area contributed by atoms with E-state index in [0.29, 0.717) is 12.4 Å². The van der Waals surface area contributed by atoms with Crippen molar-refractivity contribution in [2.45, 2.75) is 45.8 Å². The van der Waals surface area contributed by atoms with Gasteiger partial charge >= 0.3 is 6.03 Å². The summed E-state index contributed by atoms with van der Waals surface area (Å²) in [5.41, 5.74) is 0. The molecule has 8 heteroatoms. The van der Waals surface area contributed by atoms with Gasteiger partial charge in [-0.25, -0.2) is 14.5 Å². The van der Waals surface area contributed by atoms with Crippen LogP contribution in [0.3, 0.4) is 0 Å². The van der Waals surface area contributed by atoms with Gasteiger partial charge in [0.05, 0.1) is 12.7 Å². The van der Waals surface area contributed by atoms with Crippen LogP contribution in [0, 0.1) is 0 Å². The normalized spacial score (nSPS) is 12.1. The minimum Gasteiger partial charge on any atom is -0.334 e. The first-order valence-corrected chi connectivity index (χ1v) is 7.10. The average molecular weight is 291 g/mol. The van der Waals surface area contributed by atoms with Crippen LogP contribution in [-0.4, -0.2) is 36.6 Å². The Balaban J connectivity index is 1.82. The van der Waals surface area contributed by atoms with Crippen LogP contribution in [0.15, 0.2) is 24.9 Å². The van der Waals surface area contributed by atoms with Crippen LogP contribution in [0.5, 0.6) is 0 Å². The molecule has 0 radical (unpaired) electrons. The number of carbonyl (C=O) groups excluding carboxylic acids is 1. The number of aryl methyl sites for hydroxylation is 1. The third-order valence-corrected chi connectivity index (χ3v) is 2.99. The fraction of sp³-hybridized carbons (Fsp3) is 0.538. The highest BCUT2D eigenvalue weighted by atomic mass is 16.2. The maximum absolute atomic E-state index is 12.0. The van der Waals surface area contributed by atoms with Crippen molar-refractivity contribution < 1.29 is 4.79 Å². The number of aromatic nitrogens is 5. The van der Waals surface area contributed by atoms with Crippen molar-refractivity contribution in [3.05, 3.63) is 24.9 Å². The molecule has 21 heavy (non-hydrogen) atoms. The molecule has 0 aliphatic rings. The minimum absolute atomic E-state index is 0.0567. The van der Waals surface area contributed by atoms with E-state index in [0.717, 1.165) is 19.4 Å². The Labute approximate surface area is 123 Å². The number of hydrogen-bond donors (Lipinski definition) is 2. The van der Waals surface area contributed by atoms with Crippen LogP contribution >= 0.6 is 0 Å². The third-order valence-electron chi connectivity index (χ3n) is 2.99. The number of carbonyl (C=O) groups is 1. The summed E-state index contributed by atoms with van der Waals surface area (Å²) in [5.74, 6) is 0.703. The maximum atomic E-state index is 12.0. The second-order valence-electron chi connectivity index (χ2n) is 4.91. The topological polar surface area (TPSA) is 89.7 Å². The lowest BCUT2D eigenvalue weighted by molar-refractivity contribution is 0.247. The van der Waals surface area contributed by atoms with Crippen LogP contribution < -0.4 is 10.6 Å². The third kappa shape index (κ3) is 4.59. The zero-order valence-corrected chi connectivity index (χ0v) is 12.4. The van der Waals surface area contributed by atoms with Crippen LogP contribution in [-0.2, 0) is 13.1 Å². The summed E-state index contributed by atoms with van der Waals surface area (Å²) in [6.45, 7) is 5.40. The second-order valence-corrected chi connectivity index (χ2v) is 4.91. The summed E-state index contributed by atoms with van der Waals surface area (Å²) < 4.78 is 3.47. The molecule has 2 amide bonds. The highest BCUT2D eigenvalue weighted by molar-refractivity contribution is 5.88. The van der Waals surface area contributed by atoms with E-state index in [2.05, 4.69) is 32.7 Å². The maximum Gasteiger partial charge on any atom is 0.320 e. The zero-order valence-electron chi connectivity index (χ0n) is 12.4. The first-order valence-electron chi connectivity index (χ1n) is 7.10. The average Bonchev–Trinajstić information content (AvgIpc) is 3.08. The summed E-state index contributed by atoms with van der Waals surface area (Å²) in [5, 5.41) is 13.9. The minimum atomic E-state index is -0.249. The number of hydrogen-bond acceptors (Lipinski definition) is 4. The number of amides is 2. The predicted molar refractivity (Wildman–Crippen MR) is 78.8 cm³/mol. The summed E-state index contributed by atoms with van der Waals surface area (Å²) in [6, 6.07) is 1.48. The van der Waals surface area contributed by atoms with E-state index in [-0.39, 0.29) is 12.1 Å². The van der Waals surface area contributed by atoms with Crippen molar-refractivity contribution in [2.24, 2.45) is 0 Å². The molecule has 2 heterocycles. The summed E-state index contributed by atoms with van der Waals surface area (Å²) >= 11 is 0. The lowest BCUT2D eigenvalue weighted by Gasteiger charge is -2.15. The molecule has 0 aromatic carbocycles. The number of rotatable bonds is 7. The molecular formula is C13H21N7O. The van der Waals surface area contributed by atoms with E-state index in [1.54, 1.807) is 28.0 Å². The highest BCUT2D eigenvalue weighted by Gasteiger charge is 2.10. The van der Waals surface area contributed by atoms with Crippen molar-refractivity contribution in [1.29, 1.82) is 0 Å². The highest BCUT2D eigenvalue weighted by Crippen LogP contribution is 2.07. The Kier molecular flexibility index (Phi) is 5.30. The van der Waals surface area contributed by atoms with Crippen molar-refractivity contribution in [2.75, 3.05) is 5.32 Å². The molecule has 2 rings (SSSR count). The summed E-state index contributed by atoms with van der Waals surface area (Å²) in [6.07, 6.45) is 6.89. The molecule has 0 unspecified atom stereocenters.